The molecule has 1 aromatic carbocycles. The molecule has 0 saturated heterocycles. The smallest absolute Gasteiger partial charge is 0.355 e. The van der Waals surface area contributed by atoms with E-state index in [-0.39, 0.29) is 5.97 Å². The Hall–Kier alpha value is -2.82. The molecule has 0 aliphatic carbocycles. The van der Waals surface area contributed by atoms with Crippen LogP contribution in [0.3, 0.4) is 0 Å². The number of benzene rings is 1. The van der Waals surface area contributed by atoms with Gasteiger partial charge in [0, 0.05) is 24.4 Å². The van der Waals surface area contributed by atoms with Gasteiger partial charge in [-0.05, 0) is 31.2 Å². The first kappa shape index (κ1) is 15.1. The van der Waals surface area contributed by atoms with E-state index in [4.69, 9.17) is 9.47 Å². The fourth-order valence-corrected chi connectivity index (χ4v) is 2.44. The Morgan fingerprint density at radius 2 is 2.04 bits per heavy atom. The van der Waals surface area contributed by atoms with E-state index in [9.17, 15) is 4.79 Å². The Balaban J connectivity index is 1.79. The number of rotatable bonds is 6. The molecule has 0 aliphatic rings. The maximum absolute atomic E-state index is 12.1. The van der Waals surface area contributed by atoms with Crippen molar-refractivity contribution in [3.8, 4) is 5.75 Å². The van der Waals surface area contributed by atoms with E-state index in [1.807, 2.05) is 42.6 Å². The van der Waals surface area contributed by atoms with Crippen molar-refractivity contribution in [2.45, 2.75) is 13.3 Å². The van der Waals surface area contributed by atoms with Gasteiger partial charge in [-0.25, -0.2) is 9.78 Å². The normalized spacial score (nSPS) is 10.7. The first-order valence-corrected chi connectivity index (χ1v) is 7.59. The monoisotopic (exact) mass is 310 g/mol. The van der Waals surface area contributed by atoms with Gasteiger partial charge >= 0.3 is 5.97 Å². The summed E-state index contributed by atoms with van der Waals surface area (Å²) in [5.74, 6) is 0.486. The molecular formula is C18H18N2O3. The van der Waals surface area contributed by atoms with E-state index >= 15 is 0 Å². The summed E-state index contributed by atoms with van der Waals surface area (Å²) in [6.45, 7) is 2.65. The van der Waals surface area contributed by atoms with Crippen LogP contribution in [0.1, 0.15) is 23.0 Å². The van der Waals surface area contributed by atoms with Crippen LogP contribution in [0.25, 0.3) is 5.65 Å². The van der Waals surface area contributed by atoms with E-state index in [2.05, 4.69) is 4.98 Å². The maximum Gasteiger partial charge on any atom is 0.355 e. The van der Waals surface area contributed by atoms with Gasteiger partial charge in [-0.2, -0.15) is 0 Å². The summed E-state index contributed by atoms with van der Waals surface area (Å²) in [6.07, 6.45) is 4.19. The Morgan fingerprint density at radius 1 is 1.22 bits per heavy atom. The zero-order chi connectivity index (χ0) is 16.1. The highest BCUT2D eigenvalue weighted by Gasteiger charge is 2.16. The van der Waals surface area contributed by atoms with Gasteiger partial charge in [0.15, 0.2) is 0 Å². The number of carbonyl (C=O) groups excluding carboxylic acids is 1. The second-order valence-electron chi connectivity index (χ2n) is 5.00. The van der Waals surface area contributed by atoms with Gasteiger partial charge in [-0.15, -0.1) is 0 Å². The molecule has 118 valence electrons. The SMILES string of the molecule is CCOC(=O)c1cc(CCOc2ccccc2)c2ncccn12. The molecule has 3 rings (SSSR count). The number of para-hydroxylation sites is 1. The fraction of sp³-hybridized carbons (Fsp3) is 0.222. The van der Waals surface area contributed by atoms with Crippen molar-refractivity contribution < 1.29 is 14.3 Å². The zero-order valence-electron chi connectivity index (χ0n) is 12.9. The van der Waals surface area contributed by atoms with Crippen molar-refractivity contribution in [1.29, 1.82) is 0 Å². The molecule has 0 fully saturated rings. The predicted molar refractivity (Wildman–Crippen MR) is 86.8 cm³/mol. The molecule has 0 atom stereocenters. The highest BCUT2D eigenvalue weighted by Crippen LogP contribution is 2.17. The van der Waals surface area contributed by atoms with E-state index < -0.39 is 0 Å². The second-order valence-corrected chi connectivity index (χ2v) is 5.00. The first-order chi connectivity index (χ1) is 11.3. The summed E-state index contributed by atoms with van der Waals surface area (Å²) >= 11 is 0. The molecule has 0 bridgehead atoms. The minimum Gasteiger partial charge on any atom is -0.493 e. The van der Waals surface area contributed by atoms with Crippen LogP contribution in [-0.2, 0) is 11.2 Å². The number of ether oxygens (including phenoxy) is 2. The molecule has 2 heterocycles. The van der Waals surface area contributed by atoms with E-state index in [0.717, 1.165) is 17.0 Å². The van der Waals surface area contributed by atoms with Gasteiger partial charge in [-0.1, -0.05) is 18.2 Å². The van der Waals surface area contributed by atoms with E-state index in [0.29, 0.717) is 25.3 Å². The Morgan fingerprint density at radius 3 is 2.83 bits per heavy atom. The third-order valence-electron chi connectivity index (χ3n) is 3.47. The van der Waals surface area contributed by atoms with Crippen LogP contribution in [0, 0.1) is 0 Å². The van der Waals surface area contributed by atoms with Crippen LogP contribution in [0.5, 0.6) is 5.75 Å². The lowest BCUT2D eigenvalue weighted by molar-refractivity contribution is 0.0518. The molecule has 23 heavy (non-hydrogen) atoms. The molecule has 0 spiro atoms. The Labute approximate surface area is 134 Å². The number of hydrogen-bond donors (Lipinski definition) is 0. The van der Waals surface area contributed by atoms with Crippen molar-refractivity contribution in [3.05, 3.63) is 66.1 Å². The van der Waals surface area contributed by atoms with Gasteiger partial charge < -0.3 is 9.47 Å². The summed E-state index contributed by atoms with van der Waals surface area (Å²) in [7, 11) is 0. The number of hydrogen-bond acceptors (Lipinski definition) is 4. The van der Waals surface area contributed by atoms with Crippen LogP contribution >= 0.6 is 0 Å². The standard InChI is InChI=1S/C18H18N2O3/c1-2-22-18(21)16-13-14(17-19-10-6-11-20(16)17)9-12-23-15-7-4-3-5-8-15/h3-8,10-11,13H,2,9,12H2,1H3. The molecule has 0 saturated carbocycles. The molecule has 3 aromatic rings. The first-order valence-electron chi connectivity index (χ1n) is 7.59. The topological polar surface area (TPSA) is 52.8 Å². The summed E-state index contributed by atoms with van der Waals surface area (Å²) in [4.78, 5) is 16.4. The lowest BCUT2D eigenvalue weighted by Gasteiger charge is -2.04. The van der Waals surface area contributed by atoms with Gasteiger partial charge in [0.1, 0.15) is 17.1 Å². The molecule has 2 aromatic heterocycles. The highest BCUT2D eigenvalue weighted by atomic mass is 16.5. The molecule has 5 heteroatoms. The minimum atomic E-state index is -0.342. The summed E-state index contributed by atoms with van der Waals surface area (Å²) < 4.78 is 12.6. The average molecular weight is 310 g/mol. The van der Waals surface area contributed by atoms with Crippen LogP contribution in [0.2, 0.25) is 0 Å². The van der Waals surface area contributed by atoms with Gasteiger partial charge in [0.2, 0.25) is 0 Å². The average Bonchev–Trinajstić information content (AvgIpc) is 2.95. The third-order valence-corrected chi connectivity index (χ3v) is 3.47. The maximum atomic E-state index is 12.1. The Kier molecular flexibility index (Phi) is 4.57. The molecule has 0 radical (unpaired) electrons. The fourth-order valence-electron chi connectivity index (χ4n) is 2.44. The summed E-state index contributed by atoms with van der Waals surface area (Å²) in [6, 6.07) is 13.3. The zero-order valence-corrected chi connectivity index (χ0v) is 12.9. The van der Waals surface area contributed by atoms with Crippen molar-refractivity contribution in [2.24, 2.45) is 0 Å². The number of aromatic nitrogens is 2. The van der Waals surface area contributed by atoms with Gasteiger partial charge in [0.05, 0.1) is 13.2 Å². The Bertz CT molecular complexity index is 796. The number of fused-ring (bicyclic) bond motifs is 1. The largest absolute Gasteiger partial charge is 0.493 e. The summed E-state index contributed by atoms with van der Waals surface area (Å²) in [5, 5.41) is 0. The molecule has 5 nitrogen and oxygen atoms in total. The van der Waals surface area contributed by atoms with Crippen molar-refractivity contribution in [1.82, 2.24) is 9.38 Å². The predicted octanol–water partition coefficient (Wildman–Crippen LogP) is 3.13. The second kappa shape index (κ2) is 6.96. The molecule has 0 aliphatic heterocycles. The van der Waals surface area contributed by atoms with Crippen LogP contribution in [-0.4, -0.2) is 28.6 Å². The van der Waals surface area contributed by atoms with Gasteiger partial charge in [0.25, 0.3) is 0 Å². The molecule has 0 unspecified atom stereocenters. The third kappa shape index (κ3) is 3.34. The lowest BCUT2D eigenvalue weighted by atomic mass is 10.2. The van der Waals surface area contributed by atoms with Crippen molar-refractivity contribution in [3.63, 3.8) is 0 Å². The highest BCUT2D eigenvalue weighted by molar-refractivity contribution is 5.89. The van der Waals surface area contributed by atoms with E-state index in [1.54, 1.807) is 23.6 Å². The van der Waals surface area contributed by atoms with E-state index in [1.165, 1.54) is 0 Å². The van der Waals surface area contributed by atoms with Crippen LogP contribution in [0.15, 0.2) is 54.9 Å². The number of carbonyl (C=O) groups is 1. The summed E-state index contributed by atoms with van der Waals surface area (Å²) in [5.41, 5.74) is 2.21. The molecule has 0 N–H and O–H groups in total. The minimum absolute atomic E-state index is 0.342. The number of nitrogens with zero attached hydrogens (tertiary/aromatic N) is 2. The van der Waals surface area contributed by atoms with Gasteiger partial charge in [-0.3, -0.25) is 4.40 Å². The molecular weight excluding hydrogens is 292 g/mol. The van der Waals surface area contributed by atoms with Crippen LogP contribution in [0.4, 0.5) is 0 Å². The molecule has 0 amide bonds. The lowest BCUT2D eigenvalue weighted by Crippen LogP contribution is -2.07. The van der Waals surface area contributed by atoms with Crippen LogP contribution < -0.4 is 4.74 Å². The quantitative estimate of drug-likeness (QED) is 0.656. The van der Waals surface area contributed by atoms with Crippen molar-refractivity contribution in [2.75, 3.05) is 13.2 Å². The number of esters is 1. The van der Waals surface area contributed by atoms with Crippen molar-refractivity contribution >= 4 is 11.6 Å².